The lowest BCUT2D eigenvalue weighted by molar-refractivity contribution is -0.178. The highest BCUT2D eigenvalue weighted by molar-refractivity contribution is 7.89. The number of carboxylic acid groups (broad SMARTS) is 1. The summed E-state index contributed by atoms with van der Waals surface area (Å²) in [6.45, 7) is 4.81. The van der Waals surface area contributed by atoms with Crippen LogP contribution < -0.4 is 4.72 Å². The molecule has 0 saturated heterocycles. The number of pyridine rings is 1. The second kappa shape index (κ2) is 5.48. The molecule has 7 nitrogen and oxygen atoms in total. The van der Waals surface area contributed by atoms with Gasteiger partial charge in [0.05, 0.1) is 11.6 Å². The Kier molecular flexibility index (Phi) is 3.90. The van der Waals surface area contributed by atoms with Crippen LogP contribution in [0.2, 0.25) is 0 Å². The molecular weight excluding hydrogens is 344 g/mol. The number of aliphatic hydroxyl groups is 1. The van der Waals surface area contributed by atoms with E-state index in [1.165, 1.54) is 19.9 Å². The van der Waals surface area contributed by atoms with Crippen LogP contribution in [0.15, 0.2) is 35.2 Å². The van der Waals surface area contributed by atoms with E-state index in [-0.39, 0.29) is 16.8 Å². The van der Waals surface area contributed by atoms with Crippen molar-refractivity contribution in [2.24, 2.45) is 5.41 Å². The van der Waals surface area contributed by atoms with Crippen LogP contribution in [0.25, 0.3) is 10.9 Å². The molecule has 134 valence electrons. The quantitative estimate of drug-likeness (QED) is 0.756. The highest BCUT2D eigenvalue weighted by Crippen LogP contribution is 2.50. The monoisotopic (exact) mass is 364 g/mol. The molecule has 0 amide bonds. The van der Waals surface area contributed by atoms with Gasteiger partial charge in [-0.15, -0.1) is 0 Å². The number of benzene rings is 1. The number of nitrogens with one attached hydrogen (secondary N) is 1. The van der Waals surface area contributed by atoms with Crippen LogP contribution in [0, 0.1) is 12.3 Å². The lowest BCUT2D eigenvalue weighted by Crippen LogP contribution is -2.75. The van der Waals surface area contributed by atoms with E-state index in [9.17, 15) is 23.4 Å². The molecule has 1 saturated carbocycles. The van der Waals surface area contributed by atoms with E-state index >= 15 is 0 Å². The number of aliphatic carboxylic acids is 1. The fourth-order valence-electron chi connectivity index (χ4n) is 3.26. The minimum Gasteiger partial charge on any atom is -0.480 e. The Bertz CT molecular complexity index is 970. The van der Waals surface area contributed by atoms with Crippen molar-refractivity contribution >= 4 is 26.9 Å². The van der Waals surface area contributed by atoms with E-state index in [1.54, 1.807) is 31.2 Å². The molecule has 1 aromatic carbocycles. The molecule has 2 atom stereocenters. The zero-order chi connectivity index (χ0) is 18.6. The Hall–Kier alpha value is -2.03. The predicted octanol–water partition coefficient (Wildman–Crippen LogP) is 1.44. The largest absolute Gasteiger partial charge is 0.480 e. The van der Waals surface area contributed by atoms with Crippen LogP contribution in [0.5, 0.6) is 0 Å². The average molecular weight is 364 g/mol. The summed E-state index contributed by atoms with van der Waals surface area (Å²) in [6, 6.07) is 8.26. The van der Waals surface area contributed by atoms with E-state index in [2.05, 4.69) is 9.71 Å². The summed E-state index contributed by atoms with van der Waals surface area (Å²) in [5.74, 6) is -1.31. The molecule has 1 aromatic heterocycles. The zero-order valence-corrected chi connectivity index (χ0v) is 15.0. The molecular formula is C17H20N2O5S. The van der Waals surface area contributed by atoms with Crippen molar-refractivity contribution in [3.8, 4) is 0 Å². The number of aromatic nitrogens is 1. The topological polar surface area (TPSA) is 117 Å². The first-order chi connectivity index (χ1) is 11.5. The number of aliphatic hydroxyl groups excluding tert-OH is 1. The fourth-order valence-corrected chi connectivity index (χ4v) is 4.94. The van der Waals surface area contributed by atoms with Crippen molar-refractivity contribution in [2.45, 2.75) is 43.7 Å². The number of aryl methyl sites for hydroxylation is 1. The van der Waals surface area contributed by atoms with E-state index in [0.29, 0.717) is 11.1 Å². The number of rotatable bonds is 4. The van der Waals surface area contributed by atoms with Crippen LogP contribution in [-0.2, 0) is 14.8 Å². The molecule has 1 fully saturated rings. The summed E-state index contributed by atoms with van der Waals surface area (Å²) in [5, 5.41) is 20.2. The van der Waals surface area contributed by atoms with Crippen molar-refractivity contribution in [1.29, 1.82) is 0 Å². The number of fused-ring (bicyclic) bond motifs is 1. The average Bonchev–Trinajstić information content (AvgIpc) is 2.53. The van der Waals surface area contributed by atoms with Gasteiger partial charge < -0.3 is 10.2 Å². The van der Waals surface area contributed by atoms with Crippen molar-refractivity contribution < 1.29 is 23.4 Å². The molecule has 0 spiro atoms. The molecule has 1 aliphatic rings. The van der Waals surface area contributed by atoms with Crippen LogP contribution in [0.1, 0.15) is 26.0 Å². The summed E-state index contributed by atoms with van der Waals surface area (Å²) < 4.78 is 28.3. The summed E-state index contributed by atoms with van der Waals surface area (Å²) in [5.41, 5.74) is -1.97. The Morgan fingerprint density at radius 1 is 1.28 bits per heavy atom. The summed E-state index contributed by atoms with van der Waals surface area (Å²) >= 11 is 0. The third-order valence-electron chi connectivity index (χ3n) is 5.22. The molecule has 1 heterocycles. The standard InChI is InChI=1S/C17H20N2O5S/c1-10-7-8-11-5-4-6-12(14(11)18-10)25(23,24)19-17(15(21)22)9-13(20)16(17,2)3/h4-8,13,19-20H,9H2,1-3H3,(H,21,22)/t13-,17-/m0/s1. The van der Waals surface area contributed by atoms with Crippen molar-refractivity contribution in [3.63, 3.8) is 0 Å². The lowest BCUT2D eigenvalue weighted by Gasteiger charge is -2.56. The third-order valence-corrected chi connectivity index (χ3v) is 6.74. The molecule has 3 rings (SSSR count). The first-order valence-electron chi connectivity index (χ1n) is 7.83. The minimum atomic E-state index is -4.17. The molecule has 0 aliphatic heterocycles. The smallest absolute Gasteiger partial charge is 0.325 e. The van der Waals surface area contributed by atoms with E-state index in [1.807, 2.05) is 0 Å². The molecule has 0 unspecified atom stereocenters. The molecule has 2 aromatic rings. The zero-order valence-electron chi connectivity index (χ0n) is 14.1. The molecule has 0 bridgehead atoms. The number of para-hydroxylation sites is 1. The first-order valence-corrected chi connectivity index (χ1v) is 9.31. The highest BCUT2D eigenvalue weighted by Gasteiger charge is 2.66. The minimum absolute atomic E-state index is 0.0773. The van der Waals surface area contributed by atoms with E-state index < -0.39 is 33.1 Å². The number of hydrogen-bond donors (Lipinski definition) is 3. The molecule has 1 aliphatic carbocycles. The van der Waals surface area contributed by atoms with Gasteiger partial charge in [-0.1, -0.05) is 32.0 Å². The van der Waals surface area contributed by atoms with Crippen LogP contribution >= 0.6 is 0 Å². The second-order valence-electron chi connectivity index (χ2n) is 7.04. The van der Waals surface area contributed by atoms with Crippen molar-refractivity contribution in [1.82, 2.24) is 9.71 Å². The number of sulfonamides is 1. The van der Waals surface area contributed by atoms with Gasteiger partial charge in [-0.3, -0.25) is 9.78 Å². The second-order valence-corrected chi connectivity index (χ2v) is 8.69. The van der Waals surface area contributed by atoms with Crippen LogP contribution in [-0.4, -0.2) is 41.2 Å². The van der Waals surface area contributed by atoms with Crippen molar-refractivity contribution in [2.75, 3.05) is 0 Å². The highest BCUT2D eigenvalue weighted by atomic mass is 32.2. The number of carbonyl (C=O) groups is 1. The number of carboxylic acids is 1. The number of nitrogens with zero attached hydrogens (tertiary/aromatic N) is 1. The van der Waals surface area contributed by atoms with Crippen LogP contribution in [0.3, 0.4) is 0 Å². The van der Waals surface area contributed by atoms with E-state index in [0.717, 1.165) is 0 Å². The van der Waals surface area contributed by atoms with Crippen molar-refractivity contribution in [3.05, 3.63) is 36.0 Å². The Balaban J connectivity index is 2.12. The summed E-state index contributed by atoms with van der Waals surface area (Å²) in [6.07, 6.45) is -1.09. The molecule has 25 heavy (non-hydrogen) atoms. The maximum absolute atomic E-state index is 13.0. The van der Waals surface area contributed by atoms with Gasteiger partial charge in [0.15, 0.2) is 0 Å². The SMILES string of the molecule is Cc1ccc2cccc(S(=O)(=O)N[C@]3(C(=O)O)C[C@H](O)C3(C)C)c2n1. The Morgan fingerprint density at radius 2 is 1.96 bits per heavy atom. The van der Waals surface area contributed by atoms with Gasteiger partial charge in [-0.25, -0.2) is 8.42 Å². The van der Waals surface area contributed by atoms with Gasteiger partial charge >= 0.3 is 5.97 Å². The van der Waals surface area contributed by atoms with Crippen LogP contribution in [0.4, 0.5) is 0 Å². The normalized spacial score (nSPS) is 25.5. The molecule has 0 radical (unpaired) electrons. The van der Waals surface area contributed by atoms with Gasteiger partial charge in [0, 0.05) is 22.9 Å². The summed E-state index contributed by atoms with van der Waals surface area (Å²) in [4.78, 5) is 16.1. The Labute approximate surface area is 145 Å². The first kappa shape index (κ1) is 17.8. The van der Waals surface area contributed by atoms with Gasteiger partial charge in [0.1, 0.15) is 10.4 Å². The van der Waals surface area contributed by atoms with Gasteiger partial charge in [0.2, 0.25) is 10.0 Å². The Morgan fingerprint density at radius 3 is 2.52 bits per heavy atom. The molecule has 3 N–H and O–H groups in total. The van der Waals surface area contributed by atoms with E-state index in [4.69, 9.17) is 0 Å². The van der Waals surface area contributed by atoms with Gasteiger partial charge in [0.25, 0.3) is 0 Å². The predicted molar refractivity (Wildman–Crippen MR) is 91.6 cm³/mol. The lowest BCUT2D eigenvalue weighted by atomic mass is 9.55. The third kappa shape index (κ3) is 2.52. The van der Waals surface area contributed by atoms with Gasteiger partial charge in [-0.2, -0.15) is 4.72 Å². The summed E-state index contributed by atoms with van der Waals surface area (Å²) in [7, 11) is -4.17. The van der Waals surface area contributed by atoms with Gasteiger partial charge in [-0.05, 0) is 19.1 Å². The fraction of sp³-hybridized carbons (Fsp3) is 0.412. The maximum Gasteiger partial charge on any atom is 0.325 e. The number of hydrogen-bond acceptors (Lipinski definition) is 5. The maximum atomic E-state index is 13.0. The molecule has 8 heteroatoms.